The summed E-state index contributed by atoms with van der Waals surface area (Å²) >= 11 is 5.91. The van der Waals surface area contributed by atoms with Crippen LogP contribution >= 0.6 is 11.6 Å². The van der Waals surface area contributed by atoms with Gasteiger partial charge in [-0.25, -0.2) is 0 Å². The molecule has 3 N–H and O–H groups in total. The molecule has 2 aromatic carbocycles. The van der Waals surface area contributed by atoms with E-state index in [1.165, 1.54) is 0 Å². The van der Waals surface area contributed by atoms with Gasteiger partial charge in [-0.1, -0.05) is 23.7 Å². The molecule has 0 radical (unpaired) electrons. The number of nitrogens with one attached hydrogen (secondary N) is 1. The lowest BCUT2D eigenvalue weighted by molar-refractivity contribution is -0.115. The van der Waals surface area contributed by atoms with E-state index in [2.05, 4.69) is 5.32 Å². The highest BCUT2D eigenvalue weighted by Gasteiger charge is 2.09. The Kier molecular flexibility index (Phi) is 4.48. The van der Waals surface area contributed by atoms with Gasteiger partial charge in [-0.05, 0) is 35.9 Å². The van der Waals surface area contributed by atoms with Crippen LogP contribution in [-0.2, 0) is 11.2 Å². The van der Waals surface area contributed by atoms with Gasteiger partial charge in [0.1, 0.15) is 5.75 Å². The molecular weight excluding hydrogens is 276 g/mol. The molecule has 0 saturated carbocycles. The first kappa shape index (κ1) is 14.2. The molecule has 20 heavy (non-hydrogen) atoms. The van der Waals surface area contributed by atoms with Crippen LogP contribution in [0.1, 0.15) is 5.56 Å². The Morgan fingerprint density at radius 2 is 1.95 bits per heavy atom. The molecule has 5 heteroatoms. The third-order valence-corrected chi connectivity index (χ3v) is 3.02. The molecule has 2 rings (SSSR count). The highest BCUT2D eigenvalue weighted by Crippen LogP contribution is 2.27. The van der Waals surface area contributed by atoms with Gasteiger partial charge in [0.05, 0.1) is 19.2 Å². The molecule has 0 atom stereocenters. The van der Waals surface area contributed by atoms with Crippen LogP contribution in [0.25, 0.3) is 0 Å². The van der Waals surface area contributed by atoms with Crippen LogP contribution in [0.15, 0.2) is 42.5 Å². The van der Waals surface area contributed by atoms with Crippen molar-refractivity contribution >= 4 is 28.9 Å². The van der Waals surface area contributed by atoms with Crippen LogP contribution < -0.4 is 15.8 Å². The molecule has 104 valence electrons. The number of hydrogen-bond acceptors (Lipinski definition) is 3. The van der Waals surface area contributed by atoms with E-state index in [4.69, 9.17) is 22.1 Å². The Balaban J connectivity index is 2.08. The smallest absolute Gasteiger partial charge is 0.228 e. The summed E-state index contributed by atoms with van der Waals surface area (Å²) in [4.78, 5) is 12.0. The van der Waals surface area contributed by atoms with Gasteiger partial charge in [-0.15, -0.1) is 0 Å². The van der Waals surface area contributed by atoms with Gasteiger partial charge in [0.15, 0.2) is 0 Å². The molecule has 0 unspecified atom stereocenters. The molecule has 0 fully saturated rings. The number of amides is 1. The Morgan fingerprint density at radius 3 is 2.60 bits per heavy atom. The lowest BCUT2D eigenvalue weighted by Gasteiger charge is -2.10. The number of benzene rings is 2. The number of carbonyl (C=O) groups excluding carboxylic acids is 1. The summed E-state index contributed by atoms with van der Waals surface area (Å²) in [5.74, 6) is 0.426. The Bertz CT molecular complexity index is 612. The maximum atomic E-state index is 12.0. The first-order chi connectivity index (χ1) is 9.58. The highest BCUT2D eigenvalue weighted by atomic mass is 35.5. The third kappa shape index (κ3) is 3.65. The number of ether oxygens (including phenoxy) is 1. The van der Waals surface area contributed by atoms with Crippen molar-refractivity contribution in [2.75, 3.05) is 18.2 Å². The van der Waals surface area contributed by atoms with E-state index in [1.807, 2.05) is 12.1 Å². The summed E-state index contributed by atoms with van der Waals surface area (Å²) < 4.78 is 5.18. The highest BCUT2D eigenvalue weighted by molar-refractivity contribution is 6.31. The Morgan fingerprint density at radius 1 is 1.25 bits per heavy atom. The van der Waals surface area contributed by atoms with Crippen molar-refractivity contribution in [1.29, 1.82) is 0 Å². The Hall–Kier alpha value is -2.20. The number of methoxy groups -OCH3 is 1. The summed E-state index contributed by atoms with van der Waals surface area (Å²) in [6.45, 7) is 0. The summed E-state index contributed by atoms with van der Waals surface area (Å²) in [6, 6.07) is 12.2. The number of nitrogen functional groups attached to an aromatic ring is 1. The predicted octanol–water partition coefficient (Wildman–Crippen LogP) is 3.11. The first-order valence-corrected chi connectivity index (χ1v) is 6.44. The molecule has 2 aromatic rings. The van der Waals surface area contributed by atoms with Crippen molar-refractivity contribution in [1.82, 2.24) is 0 Å². The van der Waals surface area contributed by atoms with Gasteiger partial charge < -0.3 is 15.8 Å². The molecule has 0 aliphatic heterocycles. The van der Waals surface area contributed by atoms with Gasteiger partial charge >= 0.3 is 0 Å². The molecule has 0 saturated heterocycles. The van der Waals surface area contributed by atoms with Crippen molar-refractivity contribution < 1.29 is 9.53 Å². The van der Waals surface area contributed by atoms with Gasteiger partial charge in [-0.3, -0.25) is 4.79 Å². The molecule has 4 nitrogen and oxygen atoms in total. The van der Waals surface area contributed by atoms with Gasteiger partial charge in [0, 0.05) is 10.7 Å². The zero-order valence-electron chi connectivity index (χ0n) is 11.0. The monoisotopic (exact) mass is 290 g/mol. The second-order valence-electron chi connectivity index (χ2n) is 4.31. The van der Waals surface area contributed by atoms with Crippen molar-refractivity contribution in [2.45, 2.75) is 6.42 Å². The molecule has 0 spiro atoms. The van der Waals surface area contributed by atoms with Crippen LogP contribution in [0.5, 0.6) is 5.75 Å². The summed E-state index contributed by atoms with van der Waals surface area (Å²) in [5.41, 5.74) is 7.72. The van der Waals surface area contributed by atoms with Crippen LogP contribution in [0.4, 0.5) is 11.4 Å². The maximum Gasteiger partial charge on any atom is 0.228 e. The first-order valence-electron chi connectivity index (χ1n) is 6.06. The minimum Gasteiger partial charge on any atom is -0.495 e. The fourth-order valence-corrected chi connectivity index (χ4v) is 1.97. The lowest BCUT2D eigenvalue weighted by Crippen LogP contribution is -2.15. The van der Waals surface area contributed by atoms with Crippen molar-refractivity contribution in [3.63, 3.8) is 0 Å². The van der Waals surface area contributed by atoms with E-state index in [9.17, 15) is 4.79 Å². The number of carbonyl (C=O) groups is 1. The zero-order valence-corrected chi connectivity index (χ0v) is 11.8. The minimum absolute atomic E-state index is 0.143. The summed E-state index contributed by atoms with van der Waals surface area (Å²) in [5, 5.41) is 3.32. The molecule has 0 aromatic heterocycles. The van der Waals surface area contributed by atoms with E-state index in [0.717, 1.165) is 5.56 Å². The largest absolute Gasteiger partial charge is 0.495 e. The third-order valence-electron chi connectivity index (χ3n) is 2.78. The molecule has 1 amide bonds. The standard InChI is InChI=1S/C15H15ClN2O2/c1-20-14-7-4-11(16)9-13(14)18-15(19)8-10-2-5-12(17)6-3-10/h2-7,9H,8,17H2,1H3,(H,18,19). The topological polar surface area (TPSA) is 64.3 Å². The van der Waals surface area contributed by atoms with Crippen LogP contribution in [0.2, 0.25) is 5.02 Å². The zero-order chi connectivity index (χ0) is 14.5. The number of nitrogens with two attached hydrogens (primary N) is 1. The van der Waals surface area contributed by atoms with Crippen LogP contribution in [-0.4, -0.2) is 13.0 Å². The van der Waals surface area contributed by atoms with E-state index < -0.39 is 0 Å². The number of anilines is 2. The molecular formula is C15H15ClN2O2. The molecule has 0 heterocycles. The molecule has 0 bridgehead atoms. The maximum absolute atomic E-state index is 12.0. The van der Waals surface area contributed by atoms with E-state index >= 15 is 0 Å². The summed E-state index contributed by atoms with van der Waals surface area (Å²) in [7, 11) is 1.54. The number of hydrogen-bond donors (Lipinski definition) is 2. The van der Waals surface area contributed by atoms with Crippen molar-refractivity contribution in [3.8, 4) is 5.75 Å². The SMILES string of the molecule is COc1ccc(Cl)cc1NC(=O)Cc1ccc(N)cc1. The average molecular weight is 291 g/mol. The van der Waals surface area contributed by atoms with Gasteiger partial charge in [-0.2, -0.15) is 0 Å². The van der Waals surface area contributed by atoms with Crippen LogP contribution in [0.3, 0.4) is 0 Å². The number of rotatable bonds is 4. The molecule has 0 aliphatic carbocycles. The number of halogens is 1. The second-order valence-corrected chi connectivity index (χ2v) is 4.75. The van der Waals surface area contributed by atoms with E-state index in [1.54, 1.807) is 37.4 Å². The fourth-order valence-electron chi connectivity index (χ4n) is 1.79. The van der Waals surface area contributed by atoms with E-state index in [0.29, 0.717) is 22.1 Å². The lowest BCUT2D eigenvalue weighted by atomic mass is 10.1. The summed E-state index contributed by atoms with van der Waals surface area (Å²) in [6.07, 6.45) is 0.260. The predicted molar refractivity (Wildman–Crippen MR) is 81.2 cm³/mol. The van der Waals surface area contributed by atoms with Gasteiger partial charge in [0.2, 0.25) is 5.91 Å². The van der Waals surface area contributed by atoms with Crippen molar-refractivity contribution in [3.05, 3.63) is 53.1 Å². The minimum atomic E-state index is -0.143. The van der Waals surface area contributed by atoms with Crippen molar-refractivity contribution in [2.24, 2.45) is 0 Å². The Labute approximate surface area is 122 Å². The van der Waals surface area contributed by atoms with Crippen LogP contribution in [0, 0.1) is 0 Å². The quantitative estimate of drug-likeness (QED) is 0.850. The normalized spacial score (nSPS) is 10.1. The van der Waals surface area contributed by atoms with Gasteiger partial charge in [0.25, 0.3) is 0 Å². The fraction of sp³-hybridized carbons (Fsp3) is 0.133. The second kappa shape index (κ2) is 6.30. The van der Waals surface area contributed by atoms with E-state index in [-0.39, 0.29) is 12.3 Å². The molecule has 0 aliphatic rings. The average Bonchev–Trinajstić information content (AvgIpc) is 2.41.